The van der Waals surface area contributed by atoms with Crippen molar-refractivity contribution in [1.29, 1.82) is 0 Å². The molecule has 0 aliphatic carbocycles. The van der Waals surface area contributed by atoms with E-state index in [1.165, 1.54) is 6.07 Å². The maximum Gasteiger partial charge on any atom is 0.124 e. The Morgan fingerprint density at radius 1 is 1.45 bits per heavy atom. The second kappa shape index (κ2) is 5.04. The smallest absolute Gasteiger partial charge is 0.124 e. The molecule has 0 saturated carbocycles. The van der Waals surface area contributed by atoms with Crippen LogP contribution < -0.4 is 0 Å². The van der Waals surface area contributed by atoms with Gasteiger partial charge in [0.25, 0.3) is 0 Å². The van der Waals surface area contributed by atoms with E-state index in [0.717, 1.165) is 28.6 Å². The van der Waals surface area contributed by atoms with Gasteiger partial charge in [0, 0.05) is 23.7 Å². The molecule has 20 heavy (non-hydrogen) atoms. The highest BCUT2D eigenvalue weighted by molar-refractivity contribution is 5.92. The zero-order chi connectivity index (χ0) is 14.3. The van der Waals surface area contributed by atoms with E-state index in [-0.39, 0.29) is 18.5 Å². The van der Waals surface area contributed by atoms with Crippen LogP contribution in [0.2, 0.25) is 0 Å². The number of benzene rings is 1. The Hall–Kier alpha value is -1.65. The van der Waals surface area contributed by atoms with Gasteiger partial charge in [-0.3, -0.25) is 4.90 Å². The first-order valence-corrected chi connectivity index (χ1v) is 6.90. The number of likely N-dealkylation sites (N-methyl/N-ethyl adjacent to an activating group) is 1. The minimum Gasteiger partial charge on any atom is -0.394 e. The third kappa shape index (κ3) is 2.15. The highest BCUT2D eigenvalue weighted by atomic mass is 19.1. The number of hydrogen-bond acceptors (Lipinski definition) is 2. The molecule has 2 aromatic rings. The van der Waals surface area contributed by atoms with Crippen LogP contribution in [0.4, 0.5) is 4.39 Å². The highest BCUT2D eigenvalue weighted by Crippen LogP contribution is 2.33. The molecule has 2 heterocycles. The van der Waals surface area contributed by atoms with Gasteiger partial charge in [0.05, 0.1) is 18.2 Å². The summed E-state index contributed by atoms with van der Waals surface area (Å²) >= 11 is 0. The lowest BCUT2D eigenvalue weighted by Crippen LogP contribution is -2.41. The topological polar surface area (TPSA) is 39.3 Å². The molecular formula is C16H19FN2O. The number of H-pyrrole nitrogens is 1. The van der Waals surface area contributed by atoms with Crippen LogP contribution in [-0.4, -0.2) is 41.2 Å². The lowest BCUT2D eigenvalue weighted by molar-refractivity contribution is 0.167. The zero-order valence-corrected chi connectivity index (χ0v) is 11.7. The van der Waals surface area contributed by atoms with Gasteiger partial charge in [-0.1, -0.05) is 13.0 Å². The van der Waals surface area contributed by atoms with Crippen molar-refractivity contribution in [3.8, 4) is 0 Å². The van der Waals surface area contributed by atoms with Gasteiger partial charge in [0.2, 0.25) is 0 Å². The molecule has 0 spiro atoms. The number of aromatic nitrogens is 1. The summed E-state index contributed by atoms with van der Waals surface area (Å²) in [5.74, 6) is 0.136. The van der Waals surface area contributed by atoms with E-state index in [2.05, 4.69) is 22.9 Å². The summed E-state index contributed by atoms with van der Waals surface area (Å²) in [6.45, 7) is 3.07. The van der Waals surface area contributed by atoms with Crippen molar-refractivity contribution in [3.05, 3.63) is 41.9 Å². The third-order valence-electron chi connectivity index (χ3n) is 4.04. The van der Waals surface area contributed by atoms with E-state index in [1.54, 1.807) is 6.07 Å². The lowest BCUT2D eigenvalue weighted by atomic mass is 9.89. The van der Waals surface area contributed by atoms with E-state index in [0.29, 0.717) is 5.92 Å². The lowest BCUT2D eigenvalue weighted by Gasteiger charge is -2.35. The summed E-state index contributed by atoms with van der Waals surface area (Å²) in [6.07, 6.45) is 3.97. The largest absolute Gasteiger partial charge is 0.394 e. The molecule has 3 rings (SSSR count). The Balaban J connectivity index is 2.20. The Bertz CT molecular complexity index is 662. The summed E-state index contributed by atoms with van der Waals surface area (Å²) in [5, 5.41) is 10.5. The standard InChI is InChI=1S/C16H19FN2O/c1-10-5-13(15(9-20)19(2)8-10)14-7-12(17)6-11-3-4-18-16(11)14/h3-7,10,15,18,20H,8-9H2,1-2H3/t10-,15+/m1/s1. The van der Waals surface area contributed by atoms with Crippen LogP contribution in [0.15, 0.2) is 30.5 Å². The SMILES string of the molecule is C[C@@H]1C=C(c2cc(F)cc3cc[nH]c23)[C@H](CO)N(C)C1. The van der Waals surface area contributed by atoms with Crippen LogP contribution in [0.5, 0.6) is 0 Å². The van der Waals surface area contributed by atoms with Crippen LogP contribution >= 0.6 is 0 Å². The quantitative estimate of drug-likeness (QED) is 0.883. The second-order valence-electron chi connectivity index (χ2n) is 5.63. The number of fused-ring (bicyclic) bond motifs is 1. The number of halogens is 1. The Labute approximate surface area is 117 Å². The average Bonchev–Trinajstić information content (AvgIpc) is 2.84. The molecule has 2 N–H and O–H groups in total. The first kappa shape index (κ1) is 13.3. The molecular weight excluding hydrogens is 255 g/mol. The molecule has 1 aromatic carbocycles. The number of hydrogen-bond donors (Lipinski definition) is 2. The van der Waals surface area contributed by atoms with E-state index in [1.807, 2.05) is 19.3 Å². The van der Waals surface area contributed by atoms with Gasteiger partial charge in [0.15, 0.2) is 0 Å². The molecule has 106 valence electrons. The minimum absolute atomic E-state index is 0.0355. The second-order valence-corrected chi connectivity index (χ2v) is 5.63. The van der Waals surface area contributed by atoms with Crippen LogP contribution in [0, 0.1) is 11.7 Å². The van der Waals surface area contributed by atoms with Crippen LogP contribution in [-0.2, 0) is 0 Å². The number of aliphatic hydroxyl groups excluding tert-OH is 1. The summed E-state index contributed by atoms with van der Waals surface area (Å²) in [6, 6.07) is 4.87. The molecule has 3 nitrogen and oxygen atoms in total. The van der Waals surface area contributed by atoms with Crippen molar-refractivity contribution in [3.63, 3.8) is 0 Å². The van der Waals surface area contributed by atoms with Gasteiger partial charge in [0.1, 0.15) is 5.82 Å². The van der Waals surface area contributed by atoms with E-state index in [9.17, 15) is 9.50 Å². The van der Waals surface area contributed by atoms with Gasteiger partial charge >= 0.3 is 0 Å². The average molecular weight is 274 g/mol. The molecule has 4 heteroatoms. The normalized spacial score (nSPS) is 24.1. The van der Waals surface area contributed by atoms with Crippen LogP contribution in [0.1, 0.15) is 12.5 Å². The van der Waals surface area contributed by atoms with Gasteiger partial charge in [-0.05, 0) is 36.7 Å². The minimum atomic E-state index is -0.245. The zero-order valence-electron chi connectivity index (χ0n) is 11.7. The summed E-state index contributed by atoms with van der Waals surface area (Å²) in [7, 11) is 2.00. The van der Waals surface area contributed by atoms with Gasteiger partial charge < -0.3 is 10.1 Å². The molecule has 0 saturated heterocycles. The third-order valence-corrected chi connectivity index (χ3v) is 4.04. The van der Waals surface area contributed by atoms with E-state index < -0.39 is 0 Å². The fourth-order valence-corrected chi connectivity index (χ4v) is 3.16. The number of aliphatic hydroxyl groups is 1. The van der Waals surface area contributed by atoms with Gasteiger partial charge in [-0.15, -0.1) is 0 Å². The fourth-order valence-electron chi connectivity index (χ4n) is 3.16. The summed E-state index contributed by atoms with van der Waals surface area (Å²) < 4.78 is 13.8. The van der Waals surface area contributed by atoms with Crippen molar-refractivity contribution in [1.82, 2.24) is 9.88 Å². The maximum absolute atomic E-state index is 13.8. The Morgan fingerprint density at radius 3 is 3.00 bits per heavy atom. The van der Waals surface area contributed by atoms with Crippen LogP contribution in [0.3, 0.4) is 0 Å². The van der Waals surface area contributed by atoms with Crippen molar-refractivity contribution in [2.45, 2.75) is 13.0 Å². The highest BCUT2D eigenvalue weighted by Gasteiger charge is 2.27. The van der Waals surface area contributed by atoms with Crippen molar-refractivity contribution < 1.29 is 9.50 Å². The number of aromatic amines is 1. The van der Waals surface area contributed by atoms with Gasteiger partial charge in [-0.2, -0.15) is 0 Å². The van der Waals surface area contributed by atoms with Crippen LogP contribution in [0.25, 0.3) is 16.5 Å². The molecule has 1 aromatic heterocycles. The molecule has 0 amide bonds. The fraction of sp³-hybridized carbons (Fsp3) is 0.375. The summed E-state index contributed by atoms with van der Waals surface area (Å²) in [5.41, 5.74) is 2.78. The number of nitrogens with one attached hydrogen (secondary N) is 1. The maximum atomic E-state index is 13.8. The molecule has 0 bridgehead atoms. The molecule has 0 fully saturated rings. The van der Waals surface area contributed by atoms with E-state index in [4.69, 9.17) is 0 Å². The molecule has 2 atom stereocenters. The Kier molecular flexibility index (Phi) is 3.36. The molecule has 0 radical (unpaired) electrons. The first-order chi connectivity index (χ1) is 9.60. The molecule has 0 unspecified atom stereocenters. The summed E-state index contributed by atoms with van der Waals surface area (Å²) in [4.78, 5) is 5.30. The molecule has 1 aliphatic rings. The van der Waals surface area contributed by atoms with Crippen molar-refractivity contribution >= 4 is 16.5 Å². The number of rotatable bonds is 2. The first-order valence-electron chi connectivity index (χ1n) is 6.90. The monoisotopic (exact) mass is 274 g/mol. The molecule has 1 aliphatic heterocycles. The predicted octanol–water partition coefficient (Wildman–Crippen LogP) is 2.63. The predicted molar refractivity (Wildman–Crippen MR) is 78.9 cm³/mol. The van der Waals surface area contributed by atoms with E-state index >= 15 is 0 Å². The Morgan fingerprint density at radius 2 is 2.25 bits per heavy atom. The van der Waals surface area contributed by atoms with Crippen molar-refractivity contribution in [2.24, 2.45) is 5.92 Å². The van der Waals surface area contributed by atoms with Gasteiger partial charge in [-0.25, -0.2) is 4.39 Å². The van der Waals surface area contributed by atoms with Crippen molar-refractivity contribution in [2.75, 3.05) is 20.2 Å². The number of nitrogens with zero attached hydrogens (tertiary/aromatic N) is 1.